The summed E-state index contributed by atoms with van der Waals surface area (Å²) in [6, 6.07) is 17.4. The minimum absolute atomic E-state index is 0.110. The Morgan fingerprint density at radius 3 is 2.39 bits per heavy atom. The van der Waals surface area contributed by atoms with Crippen LogP contribution in [-0.4, -0.2) is 51.2 Å². The van der Waals surface area contributed by atoms with Crippen molar-refractivity contribution in [1.29, 1.82) is 0 Å². The number of methoxy groups -OCH3 is 2. The molecular weight excluding hydrogens is 412 g/mol. The molecule has 1 saturated heterocycles. The number of amides is 1. The first-order valence-electron chi connectivity index (χ1n) is 12.1. The number of carbonyl (C=O) groups excluding carboxylic acids is 1. The van der Waals surface area contributed by atoms with Gasteiger partial charge in [-0.1, -0.05) is 43.3 Å². The van der Waals surface area contributed by atoms with Crippen LogP contribution in [0.25, 0.3) is 0 Å². The highest BCUT2D eigenvalue weighted by atomic mass is 16.5. The van der Waals surface area contributed by atoms with E-state index in [9.17, 15) is 4.79 Å². The molecule has 0 aromatic heterocycles. The van der Waals surface area contributed by atoms with E-state index in [1.165, 1.54) is 18.5 Å². The van der Waals surface area contributed by atoms with E-state index in [1.54, 1.807) is 26.0 Å². The molecule has 5 nitrogen and oxygen atoms in total. The molecule has 0 spiro atoms. The van der Waals surface area contributed by atoms with E-state index >= 15 is 0 Å². The van der Waals surface area contributed by atoms with Gasteiger partial charge in [0.15, 0.2) is 11.5 Å². The first kappa shape index (κ1) is 25.1. The lowest BCUT2D eigenvalue weighted by molar-refractivity contribution is -0.916. The van der Waals surface area contributed by atoms with Crippen LogP contribution in [0.3, 0.4) is 0 Å². The molecule has 4 atom stereocenters. The van der Waals surface area contributed by atoms with Crippen LogP contribution < -0.4 is 14.4 Å². The molecule has 1 N–H and O–H groups in total. The molecule has 180 valence electrons. The third-order valence-corrected chi connectivity index (χ3v) is 7.77. The van der Waals surface area contributed by atoms with Gasteiger partial charge < -0.3 is 19.3 Å². The molecule has 1 fully saturated rings. The molecule has 4 unspecified atom stereocenters. The highest BCUT2D eigenvalue weighted by Gasteiger charge is 2.44. The van der Waals surface area contributed by atoms with Gasteiger partial charge in [-0.2, -0.15) is 0 Å². The normalized spacial score (nSPS) is 24.8. The molecule has 0 aliphatic carbocycles. The largest absolute Gasteiger partial charge is 0.493 e. The predicted molar refractivity (Wildman–Crippen MR) is 133 cm³/mol. The van der Waals surface area contributed by atoms with Crippen molar-refractivity contribution in [2.45, 2.75) is 52.6 Å². The lowest BCUT2D eigenvalue weighted by Crippen LogP contribution is -3.15. The van der Waals surface area contributed by atoms with Crippen LogP contribution in [0, 0.1) is 11.3 Å². The van der Waals surface area contributed by atoms with E-state index in [-0.39, 0.29) is 11.3 Å². The number of hydrogen-bond acceptors (Lipinski definition) is 3. The van der Waals surface area contributed by atoms with Gasteiger partial charge in [0.2, 0.25) is 5.91 Å². The highest BCUT2D eigenvalue weighted by Crippen LogP contribution is 2.41. The number of quaternary nitrogens is 1. The second-order valence-electron chi connectivity index (χ2n) is 9.96. The topological polar surface area (TPSA) is 43.2 Å². The molecule has 1 aliphatic rings. The molecule has 5 heteroatoms. The average molecular weight is 454 g/mol. The van der Waals surface area contributed by atoms with Gasteiger partial charge in [-0.3, -0.25) is 4.79 Å². The van der Waals surface area contributed by atoms with Crippen LogP contribution in [0.5, 0.6) is 11.5 Å². The number of ether oxygens (including phenoxy) is 2. The Labute approximate surface area is 199 Å². The molecule has 3 rings (SSSR count). The van der Waals surface area contributed by atoms with Crippen LogP contribution in [0.2, 0.25) is 0 Å². The van der Waals surface area contributed by atoms with Crippen molar-refractivity contribution in [2.75, 3.05) is 34.4 Å². The Morgan fingerprint density at radius 1 is 1.06 bits per heavy atom. The number of nitrogens with one attached hydrogen (secondary N) is 1. The first-order chi connectivity index (χ1) is 15.8. The molecule has 1 heterocycles. The molecular formula is C28H41N2O3+. The van der Waals surface area contributed by atoms with Gasteiger partial charge in [-0.05, 0) is 48.4 Å². The standard InChI is InChI=1S/C28H40N2O3/c1-21-19-29(4)22(2)17-28(21,18-24-10-8-7-9-11-24)14-15-30(23(3)31)20-25-12-13-26(32-5)27(16-25)33-6/h7-13,16,21-22H,14-15,17-20H2,1-6H3/p+1. The van der Waals surface area contributed by atoms with E-state index in [4.69, 9.17) is 9.47 Å². The SMILES string of the molecule is COc1ccc(CN(CCC2(Cc3ccccc3)CC(C)[NH+](C)CC2C)C(C)=O)cc1OC. The Hall–Kier alpha value is -2.53. The maximum Gasteiger partial charge on any atom is 0.219 e. The third kappa shape index (κ3) is 6.08. The Bertz CT molecular complexity index is 917. The van der Waals surface area contributed by atoms with Crippen molar-refractivity contribution >= 4 is 5.91 Å². The Kier molecular flexibility index (Phi) is 8.41. The van der Waals surface area contributed by atoms with Crippen molar-refractivity contribution in [3.63, 3.8) is 0 Å². The molecule has 1 aliphatic heterocycles. The summed E-state index contributed by atoms with van der Waals surface area (Å²) in [4.78, 5) is 16.2. The maximum absolute atomic E-state index is 12.6. The summed E-state index contributed by atoms with van der Waals surface area (Å²) < 4.78 is 10.8. The molecule has 1 amide bonds. The van der Waals surface area contributed by atoms with E-state index in [0.717, 1.165) is 24.9 Å². The number of piperidine rings is 1. The van der Waals surface area contributed by atoms with Gasteiger partial charge in [0.25, 0.3) is 0 Å². The number of nitrogens with zero attached hydrogens (tertiary/aromatic N) is 1. The van der Waals surface area contributed by atoms with Crippen molar-refractivity contribution in [3.8, 4) is 11.5 Å². The van der Waals surface area contributed by atoms with E-state index in [1.807, 2.05) is 23.1 Å². The zero-order valence-corrected chi connectivity index (χ0v) is 21.2. The molecule has 2 aromatic rings. The second kappa shape index (κ2) is 11.1. The average Bonchev–Trinajstić information content (AvgIpc) is 2.80. The molecule has 0 bridgehead atoms. The fourth-order valence-electron chi connectivity index (χ4n) is 5.48. The summed E-state index contributed by atoms with van der Waals surface area (Å²) in [5, 5.41) is 0. The Morgan fingerprint density at radius 2 is 1.76 bits per heavy atom. The first-order valence-corrected chi connectivity index (χ1v) is 12.1. The maximum atomic E-state index is 12.6. The van der Waals surface area contributed by atoms with Gasteiger partial charge in [-0.15, -0.1) is 0 Å². The fraction of sp³-hybridized carbons (Fsp3) is 0.536. The van der Waals surface area contributed by atoms with Gasteiger partial charge >= 0.3 is 0 Å². The number of hydrogen-bond donors (Lipinski definition) is 1. The predicted octanol–water partition coefficient (Wildman–Crippen LogP) is 3.61. The quantitative estimate of drug-likeness (QED) is 0.631. The van der Waals surface area contributed by atoms with E-state index < -0.39 is 0 Å². The minimum Gasteiger partial charge on any atom is -0.493 e. The molecule has 2 aromatic carbocycles. The summed E-state index contributed by atoms with van der Waals surface area (Å²) in [5.74, 6) is 2.09. The summed E-state index contributed by atoms with van der Waals surface area (Å²) in [6.45, 7) is 8.95. The summed E-state index contributed by atoms with van der Waals surface area (Å²) in [7, 11) is 5.59. The van der Waals surface area contributed by atoms with Gasteiger partial charge in [0, 0.05) is 32.4 Å². The van der Waals surface area contributed by atoms with Gasteiger partial charge in [0.1, 0.15) is 0 Å². The van der Waals surface area contributed by atoms with E-state index in [0.29, 0.717) is 30.0 Å². The fourth-order valence-corrected chi connectivity index (χ4v) is 5.48. The zero-order chi connectivity index (χ0) is 24.0. The van der Waals surface area contributed by atoms with Gasteiger partial charge in [0.05, 0.1) is 33.9 Å². The van der Waals surface area contributed by atoms with E-state index in [2.05, 4.69) is 51.2 Å². The lowest BCUT2D eigenvalue weighted by atomic mass is 9.63. The molecule has 33 heavy (non-hydrogen) atoms. The molecule has 0 saturated carbocycles. The van der Waals surface area contributed by atoms with Crippen molar-refractivity contribution in [3.05, 3.63) is 59.7 Å². The minimum atomic E-state index is 0.110. The smallest absolute Gasteiger partial charge is 0.219 e. The number of rotatable bonds is 9. The van der Waals surface area contributed by atoms with Gasteiger partial charge in [-0.25, -0.2) is 0 Å². The van der Waals surface area contributed by atoms with Crippen molar-refractivity contribution in [2.24, 2.45) is 11.3 Å². The van der Waals surface area contributed by atoms with Crippen molar-refractivity contribution in [1.82, 2.24) is 4.90 Å². The Balaban J connectivity index is 1.80. The van der Waals surface area contributed by atoms with Crippen LogP contribution in [-0.2, 0) is 17.8 Å². The summed E-state index contributed by atoms with van der Waals surface area (Å²) in [5.41, 5.74) is 2.63. The zero-order valence-electron chi connectivity index (χ0n) is 21.2. The van der Waals surface area contributed by atoms with Crippen LogP contribution in [0.15, 0.2) is 48.5 Å². The highest BCUT2D eigenvalue weighted by molar-refractivity contribution is 5.73. The van der Waals surface area contributed by atoms with Crippen LogP contribution in [0.1, 0.15) is 44.7 Å². The third-order valence-electron chi connectivity index (χ3n) is 7.77. The van der Waals surface area contributed by atoms with Crippen molar-refractivity contribution < 1.29 is 19.2 Å². The monoisotopic (exact) mass is 453 g/mol. The number of benzene rings is 2. The summed E-state index contributed by atoms with van der Waals surface area (Å²) >= 11 is 0. The lowest BCUT2D eigenvalue weighted by Gasteiger charge is -2.48. The van der Waals surface area contributed by atoms with Crippen LogP contribution in [0.4, 0.5) is 0 Å². The summed E-state index contributed by atoms with van der Waals surface area (Å²) in [6.07, 6.45) is 3.25. The second-order valence-corrected chi connectivity index (χ2v) is 9.96. The molecule has 0 radical (unpaired) electrons. The van der Waals surface area contributed by atoms with Crippen LogP contribution >= 0.6 is 0 Å². The number of likely N-dealkylation sites (tertiary alicyclic amines) is 1. The number of carbonyl (C=O) groups is 1.